The first-order valence-electron chi connectivity index (χ1n) is 5.56. The number of aryl methyl sites for hydroxylation is 1. The second kappa shape index (κ2) is 7.72. The lowest BCUT2D eigenvalue weighted by Gasteiger charge is -2.11. The van der Waals surface area contributed by atoms with Crippen LogP contribution in [0.25, 0.3) is 0 Å². The van der Waals surface area contributed by atoms with E-state index in [0.717, 1.165) is 6.42 Å². The zero-order chi connectivity index (χ0) is 10.4. The van der Waals surface area contributed by atoms with Crippen LogP contribution in [0.5, 0.6) is 0 Å². The van der Waals surface area contributed by atoms with Gasteiger partial charge >= 0.3 is 0 Å². The van der Waals surface area contributed by atoms with E-state index in [2.05, 4.69) is 38.1 Å². The summed E-state index contributed by atoms with van der Waals surface area (Å²) in [6.07, 6.45) is 4.91. The Balaban J connectivity index is 0.00000196. The molecule has 0 unspecified atom stereocenters. The fraction of sp³-hybridized carbons (Fsp3) is 0.538. The molecule has 1 rings (SSSR count). The van der Waals surface area contributed by atoms with Crippen molar-refractivity contribution in [2.45, 2.75) is 45.6 Å². The molecule has 1 aromatic rings. The van der Waals surface area contributed by atoms with Gasteiger partial charge in [-0.2, -0.15) is 0 Å². The molecule has 0 spiro atoms. The third kappa shape index (κ3) is 5.19. The minimum absolute atomic E-state index is 0. The molecule has 1 aromatic carbocycles. The quantitative estimate of drug-likeness (QED) is 0.757. The normalized spacial score (nSPS) is 11.9. The molecule has 0 aliphatic rings. The fourth-order valence-electron chi connectivity index (χ4n) is 1.59. The molecule has 0 aromatic heterocycles. The Hall–Kier alpha value is -0.530. The first-order chi connectivity index (χ1) is 6.74. The van der Waals surface area contributed by atoms with E-state index in [1.54, 1.807) is 0 Å². The Morgan fingerprint density at radius 2 is 1.73 bits per heavy atom. The molecule has 2 N–H and O–H groups in total. The molecule has 0 aliphatic heterocycles. The summed E-state index contributed by atoms with van der Waals surface area (Å²) in [7, 11) is 0. The van der Waals surface area contributed by atoms with Crippen molar-refractivity contribution in [3.05, 3.63) is 35.4 Å². The van der Waals surface area contributed by atoms with Gasteiger partial charge in [0.1, 0.15) is 0 Å². The molecule has 0 saturated heterocycles. The Kier molecular flexibility index (Phi) is 7.45. The Labute approximate surface area is 99.5 Å². The summed E-state index contributed by atoms with van der Waals surface area (Å²) in [6, 6.07) is 8.78. The first kappa shape index (κ1) is 14.5. The highest BCUT2D eigenvalue weighted by molar-refractivity contribution is 5.85. The van der Waals surface area contributed by atoms with Crippen molar-refractivity contribution in [1.82, 2.24) is 0 Å². The first-order valence-corrected chi connectivity index (χ1v) is 5.56. The lowest BCUT2D eigenvalue weighted by molar-refractivity contribution is 0.581. The van der Waals surface area contributed by atoms with Crippen LogP contribution in [0.3, 0.4) is 0 Å². The molecule has 15 heavy (non-hydrogen) atoms. The highest BCUT2D eigenvalue weighted by atomic mass is 35.5. The Morgan fingerprint density at radius 3 is 2.27 bits per heavy atom. The van der Waals surface area contributed by atoms with Gasteiger partial charge in [0, 0.05) is 6.04 Å². The number of hydrogen-bond acceptors (Lipinski definition) is 1. The van der Waals surface area contributed by atoms with Gasteiger partial charge in [-0.1, -0.05) is 56.0 Å². The summed E-state index contributed by atoms with van der Waals surface area (Å²) < 4.78 is 0. The minimum Gasteiger partial charge on any atom is -0.324 e. The molecule has 2 heteroatoms. The van der Waals surface area contributed by atoms with Crippen LogP contribution in [0, 0.1) is 6.92 Å². The van der Waals surface area contributed by atoms with Crippen LogP contribution in [0.15, 0.2) is 24.3 Å². The van der Waals surface area contributed by atoms with Crippen molar-refractivity contribution >= 4 is 12.4 Å². The Morgan fingerprint density at radius 1 is 1.13 bits per heavy atom. The van der Waals surface area contributed by atoms with Gasteiger partial charge < -0.3 is 5.73 Å². The highest BCUT2D eigenvalue weighted by Gasteiger charge is 2.04. The smallest absolute Gasteiger partial charge is 0.0294 e. The number of hydrogen-bond donors (Lipinski definition) is 1. The van der Waals surface area contributed by atoms with Crippen molar-refractivity contribution < 1.29 is 0 Å². The average molecular weight is 228 g/mol. The summed E-state index contributed by atoms with van der Waals surface area (Å²) in [5.41, 5.74) is 8.66. The van der Waals surface area contributed by atoms with Crippen molar-refractivity contribution in [3.63, 3.8) is 0 Å². The lowest BCUT2D eigenvalue weighted by Crippen LogP contribution is -2.09. The van der Waals surface area contributed by atoms with Crippen molar-refractivity contribution in [1.29, 1.82) is 0 Å². The summed E-state index contributed by atoms with van der Waals surface area (Å²) in [4.78, 5) is 0. The molecule has 0 heterocycles. The molecule has 0 saturated carbocycles. The molecule has 1 atom stereocenters. The maximum atomic E-state index is 6.09. The van der Waals surface area contributed by atoms with E-state index in [4.69, 9.17) is 5.73 Å². The lowest BCUT2D eigenvalue weighted by atomic mass is 10.0. The molecule has 0 radical (unpaired) electrons. The van der Waals surface area contributed by atoms with Gasteiger partial charge in [-0.05, 0) is 18.9 Å². The number of nitrogens with two attached hydrogens (primary N) is 1. The minimum atomic E-state index is 0. The van der Waals surface area contributed by atoms with E-state index in [9.17, 15) is 0 Å². The SMILES string of the molecule is CCCCC[C@@H](N)c1ccc(C)cc1.Cl. The molecule has 0 fully saturated rings. The molecular formula is C13H22ClN. The zero-order valence-electron chi connectivity index (χ0n) is 9.70. The van der Waals surface area contributed by atoms with E-state index in [1.807, 2.05) is 0 Å². The summed E-state index contributed by atoms with van der Waals surface area (Å²) in [5, 5.41) is 0. The number of rotatable bonds is 5. The van der Waals surface area contributed by atoms with Gasteiger partial charge in [0.25, 0.3) is 0 Å². The summed E-state index contributed by atoms with van der Waals surface area (Å²) in [5.74, 6) is 0. The van der Waals surface area contributed by atoms with Crippen LogP contribution in [0.2, 0.25) is 0 Å². The maximum absolute atomic E-state index is 6.09. The molecule has 86 valence electrons. The predicted octanol–water partition coefficient (Wildman–Crippen LogP) is 4.00. The van der Waals surface area contributed by atoms with Gasteiger partial charge in [0.05, 0.1) is 0 Å². The van der Waals surface area contributed by atoms with E-state index in [0.29, 0.717) is 0 Å². The summed E-state index contributed by atoms with van der Waals surface area (Å²) >= 11 is 0. The van der Waals surface area contributed by atoms with E-state index < -0.39 is 0 Å². The predicted molar refractivity (Wildman–Crippen MR) is 69.5 cm³/mol. The van der Waals surface area contributed by atoms with Crippen molar-refractivity contribution in [3.8, 4) is 0 Å². The summed E-state index contributed by atoms with van der Waals surface area (Å²) in [6.45, 7) is 4.32. The van der Waals surface area contributed by atoms with Gasteiger partial charge in [-0.15, -0.1) is 12.4 Å². The topological polar surface area (TPSA) is 26.0 Å². The van der Waals surface area contributed by atoms with Crippen LogP contribution >= 0.6 is 12.4 Å². The van der Waals surface area contributed by atoms with E-state index in [-0.39, 0.29) is 18.4 Å². The van der Waals surface area contributed by atoms with E-state index in [1.165, 1.54) is 30.4 Å². The average Bonchev–Trinajstić information content (AvgIpc) is 2.19. The van der Waals surface area contributed by atoms with Crippen LogP contribution in [-0.4, -0.2) is 0 Å². The molecule has 1 nitrogen and oxygen atoms in total. The standard InChI is InChI=1S/C13H21N.ClH/c1-3-4-5-6-13(14)12-9-7-11(2)8-10-12;/h7-10,13H,3-6,14H2,1-2H3;1H/t13-;/m1./s1. The van der Waals surface area contributed by atoms with Gasteiger partial charge in [0.15, 0.2) is 0 Å². The van der Waals surface area contributed by atoms with Crippen molar-refractivity contribution in [2.24, 2.45) is 5.73 Å². The maximum Gasteiger partial charge on any atom is 0.0294 e. The second-order valence-electron chi connectivity index (χ2n) is 4.01. The third-order valence-electron chi connectivity index (χ3n) is 2.62. The number of halogens is 1. The van der Waals surface area contributed by atoms with Crippen LogP contribution < -0.4 is 5.73 Å². The molecular weight excluding hydrogens is 206 g/mol. The van der Waals surface area contributed by atoms with Crippen molar-refractivity contribution in [2.75, 3.05) is 0 Å². The van der Waals surface area contributed by atoms with Gasteiger partial charge in [-0.3, -0.25) is 0 Å². The third-order valence-corrected chi connectivity index (χ3v) is 2.62. The molecule has 0 bridgehead atoms. The number of unbranched alkanes of at least 4 members (excludes halogenated alkanes) is 2. The van der Waals surface area contributed by atoms with E-state index >= 15 is 0 Å². The second-order valence-corrected chi connectivity index (χ2v) is 4.01. The molecule has 0 amide bonds. The highest BCUT2D eigenvalue weighted by Crippen LogP contribution is 2.17. The van der Waals surface area contributed by atoms with Crippen LogP contribution in [0.1, 0.15) is 49.8 Å². The van der Waals surface area contributed by atoms with Gasteiger partial charge in [-0.25, -0.2) is 0 Å². The Bertz CT molecular complexity index is 256. The van der Waals surface area contributed by atoms with Crippen LogP contribution in [-0.2, 0) is 0 Å². The number of benzene rings is 1. The van der Waals surface area contributed by atoms with Crippen LogP contribution in [0.4, 0.5) is 0 Å². The van der Waals surface area contributed by atoms with Gasteiger partial charge in [0.2, 0.25) is 0 Å². The monoisotopic (exact) mass is 227 g/mol. The fourth-order valence-corrected chi connectivity index (χ4v) is 1.59. The zero-order valence-corrected chi connectivity index (χ0v) is 10.5. The molecule has 0 aliphatic carbocycles. The largest absolute Gasteiger partial charge is 0.324 e.